The quantitative estimate of drug-likeness (QED) is 0.915. The molecule has 2 aromatic rings. The maximum atomic E-state index is 11.2. The standard InChI is InChI=1S/C14H17N5O2/c1-10-4-6-12(7-5-10)19-14(15-16-17-19)18-8-2-3-11(9-18)13(20)21/h4-7,11H,2-3,8-9H2,1H3,(H,20,21). The van der Waals surface area contributed by atoms with Gasteiger partial charge < -0.3 is 10.0 Å². The SMILES string of the molecule is Cc1ccc(-n2nnnc2N2CCCC(C(=O)O)C2)cc1. The summed E-state index contributed by atoms with van der Waals surface area (Å²) in [6.07, 6.45) is 1.54. The minimum Gasteiger partial charge on any atom is -0.481 e. The Morgan fingerprint density at radius 1 is 1.33 bits per heavy atom. The van der Waals surface area contributed by atoms with Gasteiger partial charge in [0.2, 0.25) is 5.95 Å². The molecule has 21 heavy (non-hydrogen) atoms. The Morgan fingerprint density at radius 2 is 2.10 bits per heavy atom. The van der Waals surface area contributed by atoms with Crippen molar-refractivity contribution in [1.82, 2.24) is 20.2 Å². The first-order chi connectivity index (χ1) is 10.1. The van der Waals surface area contributed by atoms with Crippen molar-refractivity contribution in [2.24, 2.45) is 5.92 Å². The van der Waals surface area contributed by atoms with Crippen LogP contribution in [0.1, 0.15) is 18.4 Å². The highest BCUT2D eigenvalue weighted by molar-refractivity contribution is 5.71. The topological polar surface area (TPSA) is 84.1 Å². The molecule has 110 valence electrons. The van der Waals surface area contributed by atoms with Crippen LogP contribution >= 0.6 is 0 Å². The van der Waals surface area contributed by atoms with Gasteiger partial charge in [-0.05, 0) is 42.3 Å². The predicted octanol–water partition coefficient (Wildman–Crippen LogP) is 1.27. The molecule has 1 aromatic carbocycles. The number of hydrogen-bond acceptors (Lipinski definition) is 5. The van der Waals surface area contributed by atoms with Crippen LogP contribution in [0.3, 0.4) is 0 Å². The van der Waals surface area contributed by atoms with Crippen molar-refractivity contribution in [3.63, 3.8) is 0 Å². The highest BCUT2D eigenvalue weighted by Gasteiger charge is 2.28. The van der Waals surface area contributed by atoms with Crippen molar-refractivity contribution in [3.8, 4) is 5.69 Å². The van der Waals surface area contributed by atoms with E-state index in [-0.39, 0.29) is 5.92 Å². The summed E-state index contributed by atoms with van der Waals surface area (Å²) >= 11 is 0. The zero-order valence-corrected chi connectivity index (χ0v) is 11.8. The van der Waals surface area contributed by atoms with E-state index in [0.29, 0.717) is 18.9 Å². The molecule has 1 atom stereocenters. The Balaban J connectivity index is 1.88. The molecule has 0 saturated carbocycles. The van der Waals surface area contributed by atoms with Crippen molar-refractivity contribution in [2.45, 2.75) is 19.8 Å². The number of carboxylic acid groups (broad SMARTS) is 1. The minimum absolute atomic E-state index is 0.359. The number of aliphatic carboxylic acids is 1. The Labute approximate surface area is 122 Å². The Hall–Kier alpha value is -2.44. The maximum absolute atomic E-state index is 11.2. The van der Waals surface area contributed by atoms with Gasteiger partial charge in [-0.2, -0.15) is 4.68 Å². The van der Waals surface area contributed by atoms with E-state index in [4.69, 9.17) is 0 Å². The second-order valence-corrected chi connectivity index (χ2v) is 5.35. The molecule has 1 unspecified atom stereocenters. The van der Waals surface area contributed by atoms with Gasteiger partial charge in [0.05, 0.1) is 11.6 Å². The molecule has 1 saturated heterocycles. The lowest BCUT2D eigenvalue weighted by molar-refractivity contribution is -0.141. The molecule has 1 aromatic heterocycles. The summed E-state index contributed by atoms with van der Waals surface area (Å²) in [6.45, 7) is 3.24. The van der Waals surface area contributed by atoms with E-state index >= 15 is 0 Å². The number of aryl methyl sites for hydroxylation is 1. The smallest absolute Gasteiger partial charge is 0.308 e. The van der Waals surface area contributed by atoms with Gasteiger partial charge in [-0.25, -0.2) is 0 Å². The fourth-order valence-electron chi connectivity index (χ4n) is 2.59. The molecule has 1 N–H and O–H groups in total. The summed E-state index contributed by atoms with van der Waals surface area (Å²) < 4.78 is 1.66. The zero-order valence-electron chi connectivity index (χ0n) is 11.8. The van der Waals surface area contributed by atoms with Crippen molar-refractivity contribution < 1.29 is 9.90 Å². The number of carbonyl (C=O) groups is 1. The molecular weight excluding hydrogens is 270 g/mol. The number of carboxylic acids is 1. The normalized spacial score (nSPS) is 18.7. The van der Waals surface area contributed by atoms with Crippen LogP contribution in [0, 0.1) is 12.8 Å². The van der Waals surface area contributed by atoms with Gasteiger partial charge in [0, 0.05) is 13.1 Å². The molecule has 2 heterocycles. The van der Waals surface area contributed by atoms with Crippen LogP contribution < -0.4 is 4.90 Å². The summed E-state index contributed by atoms with van der Waals surface area (Å²) in [5.41, 5.74) is 2.04. The molecular formula is C14H17N5O2. The van der Waals surface area contributed by atoms with Crippen LogP contribution in [0.4, 0.5) is 5.95 Å². The van der Waals surface area contributed by atoms with Crippen molar-refractivity contribution in [2.75, 3.05) is 18.0 Å². The van der Waals surface area contributed by atoms with E-state index in [1.165, 1.54) is 0 Å². The Kier molecular flexibility index (Phi) is 3.55. The van der Waals surface area contributed by atoms with Crippen molar-refractivity contribution in [1.29, 1.82) is 0 Å². The summed E-state index contributed by atoms with van der Waals surface area (Å²) in [5.74, 6) is -0.513. The third kappa shape index (κ3) is 2.72. The lowest BCUT2D eigenvalue weighted by Crippen LogP contribution is -2.40. The number of anilines is 1. The molecule has 7 heteroatoms. The van der Waals surface area contributed by atoms with E-state index in [0.717, 1.165) is 24.2 Å². The molecule has 1 aliphatic rings. The van der Waals surface area contributed by atoms with E-state index in [1.54, 1.807) is 4.68 Å². The van der Waals surface area contributed by atoms with Gasteiger partial charge in [0.15, 0.2) is 0 Å². The highest BCUT2D eigenvalue weighted by Crippen LogP contribution is 2.23. The van der Waals surface area contributed by atoms with E-state index in [9.17, 15) is 9.90 Å². The largest absolute Gasteiger partial charge is 0.481 e. The number of aromatic nitrogens is 4. The highest BCUT2D eigenvalue weighted by atomic mass is 16.4. The first-order valence-electron chi connectivity index (χ1n) is 6.98. The molecule has 0 radical (unpaired) electrons. The molecule has 0 aliphatic carbocycles. The number of hydrogen-bond donors (Lipinski definition) is 1. The Bertz CT molecular complexity index is 637. The van der Waals surface area contributed by atoms with Gasteiger partial charge in [-0.1, -0.05) is 22.8 Å². The monoisotopic (exact) mass is 287 g/mol. The molecule has 7 nitrogen and oxygen atoms in total. The number of rotatable bonds is 3. The van der Waals surface area contributed by atoms with Crippen LogP contribution in [0.5, 0.6) is 0 Å². The minimum atomic E-state index is -0.755. The summed E-state index contributed by atoms with van der Waals surface area (Å²) in [7, 11) is 0. The molecule has 1 fully saturated rings. The van der Waals surface area contributed by atoms with E-state index < -0.39 is 5.97 Å². The molecule has 1 aliphatic heterocycles. The van der Waals surface area contributed by atoms with Gasteiger partial charge in [-0.15, -0.1) is 0 Å². The van der Waals surface area contributed by atoms with Crippen LogP contribution in [0.25, 0.3) is 5.69 Å². The molecule has 0 bridgehead atoms. The number of tetrazole rings is 1. The zero-order chi connectivity index (χ0) is 14.8. The van der Waals surface area contributed by atoms with Crippen molar-refractivity contribution >= 4 is 11.9 Å². The second kappa shape index (κ2) is 5.51. The lowest BCUT2D eigenvalue weighted by Gasteiger charge is -2.30. The van der Waals surface area contributed by atoms with E-state index in [2.05, 4.69) is 15.5 Å². The Morgan fingerprint density at radius 3 is 2.81 bits per heavy atom. The summed E-state index contributed by atoms with van der Waals surface area (Å²) in [6, 6.07) is 7.90. The summed E-state index contributed by atoms with van der Waals surface area (Å²) in [4.78, 5) is 13.1. The fraction of sp³-hybridized carbons (Fsp3) is 0.429. The van der Waals surface area contributed by atoms with Crippen LogP contribution in [0.2, 0.25) is 0 Å². The number of benzene rings is 1. The fourth-order valence-corrected chi connectivity index (χ4v) is 2.59. The average molecular weight is 287 g/mol. The van der Waals surface area contributed by atoms with Crippen LogP contribution in [-0.2, 0) is 4.79 Å². The van der Waals surface area contributed by atoms with Gasteiger partial charge in [0.1, 0.15) is 0 Å². The number of piperidine rings is 1. The van der Waals surface area contributed by atoms with Gasteiger partial charge >= 0.3 is 5.97 Å². The maximum Gasteiger partial charge on any atom is 0.308 e. The average Bonchev–Trinajstić information content (AvgIpc) is 2.97. The third-order valence-electron chi connectivity index (χ3n) is 3.79. The molecule has 3 rings (SSSR count). The van der Waals surface area contributed by atoms with E-state index in [1.807, 2.05) is 36.1 Å². The molecule has 0 spiro atoms. The number of nitrogens with zero attached hydrogens (tertiary/aromatic N) is 5. The summed E-state index contributed by atoms with van der Waals surface area (Å²) in [5, 5.41) is 21.0. The lowest BCUT2D eigenvalue weighted by atomic mass is 9.99. The van der Waals surface area contributed by atoms with Gasteiger partial charge in [-0.3, -0.25) is 4.79 Å². The van der Waals surface area contributed by atoms with Crippen LogP contribution in [0.15, 0.2) is 24.3 Å². The van der Waals surface area contributed by atoms with Crippen molar-refractivity contribution in [3.05, 3.63) is 29.8 Å². The molecule has 0 amide bonds. The van der Waals surface area contributed by atoms with Crippen LogP contribution in [-0.4, -0.2) is 44.4 Å². The van der Waals surface area contributed by atoms with Gasteiger partial charge in [0.25, 0.3) is 0 Å². The predicted molar refractivity (Wildman–Crippen MR) is 76.5 cm³/mol. The first kappa shape index (κ1) is 13.5. The third-order valence-corrected chi connectivity index (χ3v) is 3.79. The first-order valence-corrected chi connectivity index (χ1v) is 6.98. The second-order valence-electron chi connectivity index (χ2n) is 5.35.